The second kappa shape index (κ2) is 5.41. The van der Waals surface area contributed by atoms with E-state index in [1.54, 1.807) is 25.1 Å². The fourth-order valence-corrected chi connectivity index (χ4v) is 2.33. The van der Waals surface area contributed by atoms with E-state index in [1.165, 1.54) is 14.2 Å². The fourth-order valence-electron chi connectivity index (χ4n) is 2.33. The molecule has 1 aromatic heterocycles. The van der Waals surface area contributed by atoms with Crippen LogP contribution in [0.25, 0.3) is 0 Å². The van der Waals surface area contributed by atoms with Crippen molar-refractivity contribution < 1.29 is 18.7 Å². The average Bonchev–Trinajstić information content (AvgIpc) is 2.70. The standard InChI is InChI=1S/C16H18O4/c1-9-10(2)20-11(3)14(9)16(17)15-12(18-4)7-6-8-13(15)19-5/h6-8H,1-5H3. The summed E-state index contributed by atoms with van der Waals surface area (Å²) in [6.07, 6.45) is 0. The zero-order valence-corrected chi connectivity index (χ0v) is 12.4. The van der Waals surface area contributed by atoms with Crippen LogP contribution in [0.1, 0.15) is 33.0 Å². The highest BCUT2D eigenvalue weighted by molar-refractivity contribution is 6.14. The van der Waals surface area contributed by atoms with Crippen LogP contribution >= 0.6 is 0 Å². The van der Waals surface area contributed by atoms with Crippen molar-refractivity contribution in [2.24, 2.45) is 0 Å². The molecule has 0 N–H and O–H groups in total. The minimum Gasteiger partial charge on any atom is -0.496 e. The van der Waals surface area contributed by atoms with E-state index < -0.39 is 0 Å². The third-order valence-corrected chi connectivity index (χ3v) is 3.44. The largest absolute Gasteiger partial charge is 0.496 e. The number of carbonyl (C=O) groups excluding carboxylic acids is 1. The first-order valence-electron chi connectivity index (χ1n) is 6.33. The molecule has 20 heavy (non-hydrogen) atoms. The van der Waals surface area contributed by atoms with Crippen LogP contribution in [0.4, 0.5) is 0 Å². The van der Waals surface area contributed by atoms with Crippen molar-refractivity contribution in [3.8, 4) is 11.5 Å². The van der Waals surface area contributed by atoms with Crippen molar-refractivity contribution in [1.82, 2.24) is 0 Å². The number of ketones is 1. The third-order valence-electron chi connectivity index (χ3n) is 3.44. The first-order chi connectivity index (χ1) is 9.51. The zero-order chi connectivity index (χ0) is 14.9. The smallest absolute Gasteiger partial charge is 0.204 e. The van der Waals surface area contributed by atoms with E-state index in [0.29, 0.717) is 28.4 Å². The van der Waals surface area contributed by atoms with Gasteiger partial charge in [-0.15, -0.1) is 0 Å². The van der Waals surface area contributed by atoms with Crippen LogP contribution in [0.15, 0.2) is 22.6 Å². The van der Waals surface area contributed by atoms with E-state index in [-0.39, 0.29) is 5.78 Å². The molecule has 0 fully saturated rings. The van der Waals surface area contributed by atoms with Gasteiger partial charge in [-0.3, -0.25) is 4.79 Å². The molecule has 2 aromatic rings. The molecule has 2 rings (SSSR count). The molecular weight excluding hydrogens is 256 g/mol. The molecule has 0 unspecified atom stereocenters. The Morgan fingerprint density at radius 3 is 1.90 bits per heavy atom. The maximum absolute atomic E-state index is 12.8. The van der Waals surface area contributed by atoms with Gasteiger partial charge in [-0.1, -0.05) is 6.07 Å². The highest BCUT2D eigenvalue weighted by Gasteiger charge is 2.25. The molecule has 4 nitrogen and oxygen atoms in total. The summed E-state index contributed by atoms with van der Waals surface area (Å²) in [4.78, 5) is 12.8. The van der Waals surface area contributed by atoms with Crippen LogP contribution in [-0.4, -0.2) is 20.0 Å². The number of rotatable bonds is 4. The van der Waals surface area contributed by atoms with E-state index >= 15 is 0 Å². The lowest BCUT2D eigenvalue weighted by atomic mass is 9.98. The fraction of sp³-hybridized carbons (Fsp3) is 0.312. The van der Waals surface area contributed by atoms with Crippen LogP contribution in [0.2, 0.25) is 0 Å². The molecule has 4 heteroatoms. The lowest BCUT2D eigenvalue weighted by Crippen LogP contribution is -2.08. The monoisotopic (exact) mass is 274 g/mol. The van der Waals surface area contributed by atoms with E-state index in [9.17, 15) is 4.79 Å². The van der Waals surface area contributed by atoms with Gasteiger partial charge in [0.2, 0.25) is 5.78 Å². The number of hydrogen-bond donors (Lipinski definition) is 0. The molecule has 0 radical (unpaired) electrons. The highest BCUT2D eigenvalue weighted by Crippen LogP contribution is 2.33. The van der Waals surface area contributed by atoms with Crippen LogP contribution in [0.5, 0.6) is 11.5 Å². The van der Waals surface area contributed by atoms with E-state index in [2.05, 4.69) is 0 Å². The molecular formula is C16H18O4. The normalized spacial score (nSPS) is 10.4. The van der Waals surface area contributed by atoms with Crippen molar-refractivity contribution >= 4 is 5.78 Å². The molecule has 1 heterocycles. The Kier molecular flexibility index (Phi) is 3.84. The van der Waals surface area contributed by atoms with Gasteiger partial charge in [0, 0.05) is 5.56 Å². The molecule has 0 saturated heterocycles. The number of benzene rings is 1. The van der Waals surface area contributed by atoms with Gasteiger partial charge in [-0.05, 0) is 32.9 Å². The Hall–Kier alpha value is -2.23. The highest BCUT2D eigenvalue weighted by atomic mass is 16.5. The number of furan rings is 1. The summed E-state index contributed by atoms with van der Waals surface area (Å²) in [6.45, 7) is 5.51. The second-order valence-electron chi connectivity index (χ2n) is 4.58. The van der Waals surface area contributed by atoms with Crippen LogP contribution < -0.4 is 9.47 Å². The molecule has 0 bridgehead atoms. The van der Waals surface area contributed by atoms with Gasteiger partial charge in [-0.2, -0.15) is 0 Å². The molecule has 0 aliphatic heterocycles. The number of ether oxygens (including phenoxy) is 2. The minimum absolute atomic E-state index is 0.147. The summed E-state index contributed by atoms with van der Waals surface area (Å²) >= 11 is 0. The summed E-state index contributed by atoms with van der Waals surface area (Å²) in [5.74, 6) is 2.20. The lowest BCUT2D eigenvalue weighted by Gasteiger charge is -2.12. The molecule has 106 valence electrons. The number of carbonyl (C=O) groups is 1. The van der Waals surface area contributed by atoms with E-state index in [1.807, 2.05) is 13.8 Å². The van der Waals surface area contributed by atoms with Crippen molar-refractivity contribution in [2.75, 3.05) is 14.2 Å². The molecule has 0 spiro atoms. The second-order valence-corrected chi connectivity index (χ2v) is 4.58. The summed E-state index contributed by atoms with van der Waals surface area (Å²) in [5, 5.41) is 0. The quantitative estimate of drug-likeness (QED) is 0.801. The van der Waals surface area contributed by atoms with Crippen LogP contribution in [0, 0.1) is 20.8 Å². The van der Waals surface area contributed by atoms with Crippen molar-refractivity contribution in [2.45, 2.75) is 20.8 Å². The van der Waals surface area contributed by atoms with Crippen LogP contribution in [-0.2, 0) is 0 Å². The lowest BCUT2D eigenvalue weighted by molar-refractivity contribution is 0.103. The Bertz CT molecular complexity index is 630. The van der Waals surface area contributed by atoms with Gasteiger partial charge < -0.3 is 13.9 Å². The van der Waals surface area contributed by atoms with Gasteiger partial charge >= 0.3 is 0 Å². The number of hydrogen-bond acceptors (Lipinski definition) is 4. The topological polar surface area (TPSA) is 48.7 Å². The summed E-state index contributed by atoms with van der Waals surface area (Å²) in [7, 11) is 3.07. The van der Waals surface area contributed by atoms with Gasteiger partial charge in [0.05, 0.1) is 19.8 Å². The predicted octanol–water partition coefficient (Wildman–Crippen LogP) is 3.45. The summed E-state index contributed by atoms with van der Waals surface area (Å²) in [5.41, 5.74) is 1.84. The predicted molar refractivity (Wildman–Crippen MR) is 75.9 cm³/mol. The molecule has 0 amide bonds. The minimum atomic E-state index is -0.147. The first-order valence-corrected chi connectivity index (χ1v) is 6.33. The van der Waals surface area contributed by atoms with Gasteiger partial charge in [0.25, 0.3) is 0 Å². The third kappa shape index (κ3) is 2.18. The molecule has 1 aromatic carbocycles. The maximum atomic E-state index is 12.8. The van der Waals surface area contributed by atoms with Crippen molar-refractivity contribution in [3.63, 3.8) is 0 Å². The van der Waals surface area contributed by atoms with Gasteiger partial charge in [-0.25, -0.2) is 0 Å². The molecule has 0 saturated carbocycles. The summed E-state index contributed by atoms with van der Waals surface area (Å²) in [6, 6.07) is 5.27. The Morgan fingerprint density at radius 1 is 0.950 bits per heavy atom. The zero-order valence-electron chi connectivity index (χ0n) is 12.4. The van der Waals surface area contributed by atoms with Gasteiger partial charge in [0.1, 0.15) is 28.6 Å². The SMILES string of the molecule is COc1cccc(OC)c1C(=O)c1c(C)oc(C)c1C. The summed E-state index contributed by atoms with van der Waals surface area (Å²) < 4.78 is 16.1. The maximum Gasteiger partial charge on any atom is 0.204 e. The van der Waals surface area contributed by atoms with E-state index in [4.69, 9.17) is 13.9 Å². The van der Waals surface area contributed by atoms with Gasteiger partial charge in [0.15, 0.2) is 0 Å². The Balaban J connectivity index is 2.64. The molecule has 0 atom stereocenters. The Labute approximate surface area is 118 Å². The molecule has 0 aliphatic rings. The average molecular weight is 274 g/mol. The van der Waals surface area contributed by atoms with E-state index in [0.717, 1.165) is 11.3 Å². The first kappa shape index (κ1) is 14.2. The van der Waals surface area contributed by atoms with Crippen molar-refractivity contribution in [1.29, 1.82) is 0 Å². The Morgan fingerprint density at radius 2 is 1.50 bits per heavy atom. The van der Waals surface area contributed by atoms with Crippen LogP contribution in [0.3, 0.4) is 0 Å². The molecule has 0 aliphatic carbocycles. The number of aryl methyl sites for hydroxylation is 2. The van der Waals surface area contributed by atoms with Crippen molar-refractivity contribution in [3.05, 3.63) is 46.4 Å². The number of methoxy groups -OCH3 is 2.